The molecule has 0 aliphatic carbocycles. The average molecular weight is 380 g/mol. The predicted octanol–water partition coefficient (Wildman–Crippen LogP) is 4.71. The summed E-state index contributed by atoms with van der Waals surface area (Å²) in [6, 6.07) is 14.3. The lowest BCUT2D eigenvalue weighted by Gasteiger charge is -2.06. The molecule has 1 amide bonds. The predicted molar refractivity (Wildman–Crippen MR) is 105 cm³/mol. The molecule has 0 radical (unpaired) electrons. The van der Waals surface area contributed by atoms with Crippen molar-refractivity contribution in [1.29, 1.82) is 0 Å². The largest absolute Gasteiger partial charge is 0.354 e. The zero-order chi connectivity index (χ0) is 18.8. The van der Waals surface area contributed by atoms with Gasteiger partial charge in [-0.05, 0) is 54.8 Å². The monoisotopic (exact) mass is 380 g/mol. The number of para-hydroxylation sites is 1. The van der Waals surface area contributed by atoms with E-state index in [1.54, 1.807) is 19.1 Å². The van der Waals surface area contributed by atoms with Gasteiger partial charge < -0.3 is 10.3 Å². The maximum absolute atomic E-state index is 13.3. The van der Waals surface area contributed by atoms with Gasteiger partial charge in [0.25, 0.3) is 0 Å². The van der Waals surface area contributed by atoms with Gasteiger partial charge in [-0.25, -0.2) is 9.37 Å². The summed E-state index contributed by atoms with van der Waals surface area (Å²) in [5, 5.41) is 4.36. The smallest absolute Gasteiger partial charge is 0.226 e. The minimum absolute atomic E-state index is 0.110. The first-order valence-electron chi connectivity index (χ1n) is 8.56. The van der Waals surface area contributed by atoms with E-state index in [1.807, 2.05) is 24.3 Å². The lowest BCUT2D eigenvalue weighted by Crippen LogP contribution is -2.12. The number of nitrogens with zero attached hydrogens (tertiary/aromatic N) is 2. The van der Waals surface area contributed by atoms with Crippen LogP contribution in [0.1, 0.15) is 17.8 Å². The Morgan fingerprint density at radius 3 is 2.70 bits per heavy atom. The first-order valence-corrected chi connectivity index (χ1v) is 9.33. The summed E-state index contributed by atoms with van der Waals surface area (Å²) in [7, 11) is 0. The molecule has 0 fully saturated rings. The Kier molecular flexibility index (Phi) is 4.68. The number of H-pyrrole nitrogens is 1. The van der Waals surface area contributed by atoms with Gasteiger partial charge >= 0.3 is 0 Å². The summed E-state index contributed by atoms with van der Waals surface area (Å²) in [4.78, 5) is 19.9. The number of halogens is 1. The van der Waals surface area contributed by atoms with E-state index in [4.69, 9.17) is 0 Å². The fraction of sp³-hybridized carbons (Fsp3) is 0.150. The van der Waals surface area contributed by atoms with Crippen LogP contribution in [0.3, 0.4) is 0 Å². The molecule has 4 rings (SSSR count). The Morgan fingerprint density at radius 1 is 1.19 bits per heavy atom. The van der Waals surface area contributed by atoms with Crippen LogP contribution in [0.15, 0.2) is 48.5 Å². The fourth-order valence-corrected chi connectivity index (χ4v) is 3.68. The van der Waals surface area contributed by atoms with E-state index in [9.17, 15) is 9.18 Å². The van der Waals surface area contributed by atoms with Gasteiger partial charge in [0.05, 0.1) is 0 Å². The molecule has 136 valence electrons. The van der Waals surface area contributed by atoms with E-state index in [1.165, 1.54) is 23.7 Å². The number of nitrogens with one attached hydrogen (secondary N) is 2. The van der Waals surface area contributed by atoms with E-state index >= 15 is 0 Å². The summed E-state index contributed by atoms with van der Waals surface area (Å²) in [6.45, 7) is 1.78. The van der Waals surface area contributed by atoms with Crippen molar-refractivity contribution in [3.8, 4) is 11.3 Å². The molecule has 0 aliphatic heterocycles. The SMILES string of the molecule is Cc1nsc(NC(=O)CCc2c(-c3ccc(F)cc3)[nH]c3ccccc23)n1. The molecular formula is C20H17FN4OS. The first kappa shape index (κ1) is 17.4. The molecule has 2 aromatic heterocycles. The van der Waals surface area contributed by atoms with Crippen molar-refractivity contribution in [2.24, 2.45) is 0 Å². The molecule has 7 heteroatoms. The molecule has 0 unspecified atom stereocenters. The molecule has 0 saturated carbocycles. The number of rotatable bonds is 5. The van der Waals surface area contributed by atoms with E-state index < -0.39 is 0 Å². The quantitative estimate of drug-likeness (QED) is 0.527. The normalized spacial score (nSPS) is 11.0. The Labute approximate surface area is 159 Å². The molecule has 2 N–H and O–H groups in total. The summed E-state index contributed by atoms with van der Waals surface area (Å²) in [5.74, 6) is 0.259. The maximum atomic E-state index is 13.3. The third kappa shape index (κ3) is 3.73. The van der Waals surface area contributed by atoms with Crippen molar-refractivity contribution in [3.05, 3.63) is 65.7 Å². The van der Waals surface area contributed by atoms with Gasteiger partial charge in [0.1, 0.15) is 11.6 Å². The zero-order valence-corrected chi connectivity index (χ0v) is 15.4. The van der Waals surface area contributed by atoms with Crippen molar-refractivity contribution in [1.82, 2.24) is 14.3 Å². The number of hydrogen-bond acceptors (Lipinski definition) is 4. The number of fused-ring (bicyclic) bond motifs is 1. The van der Waals surface area contributed by atoms with E-state index in [0.29, 0.717) is 23.8 Å². The second-order valence-electron chi connectivity index (χ2n) is 6.23. The van der Waals surface area contributed by atoms with Gasteiger partial charge in [0.2, 0.25) is 11.0 Å². The number of aromatic amines is 1. The van der Waals surface area contributed by atoms with Crippen LogP contribution in [0.2, 0.25) is 0 Å². The lowest BCUT2D eigenvalue weighted by atomic mass is 10.0. The lowest BCUT2D eigenvalue weighted by molar-refractivity contribution is -0.116. The van der Waals surface area contributed by atoms with E-state index in [2.05, 4.69) is 19.7 Å². The first-order chi connectivity index (χ1) is 13.1. The highest BCUT2D eigenvalue weighted by Gasteiger charge is 2.15. The second kappa shape index (κ2) is 7.28. The van der Waals surface area contributed by atoms with Gasteiger partial charge in [-0.1, -0.05) is 18.2 Å². The van der Waals surface area contributed by atoms with E-state index in [0.717, 1.165) is 27.7 Å². The molecule has 0 spiro atoms. The van der Waals surface area contributed by atoms with Crippen LogP contribution in [0, 0.1) is 12.7 Å². The van der Waals surface area contributed by atoms with Gasteiger partial charge in [-0.3, -0.25) is 4.79 Å². The molecule has 2 heterocycles. The van der Waals surface area contributed by atoms with Gasteiger partial charge in [0, 0.05) is 34.6 Å². The van der Waals surface area contributed by atoms with Gasteiger partial charge in [-0.15, -0.1) is 0 Å². The van der Waals surface area contributed by atoms with Crippen molar-refractivity contribution in [2.45, 2.75) is 19.8 Å². The highest BCUT2D eigenvalue weighted by Crippen LogP contribution is 2.31. The summed E-state index contributed by atoms with van der Waals surface area (Å²) in [6.07, 6.45) is 0.870. The van der Waals surface area contributed by atoms with Crippen LogP contribution in [0.25, 0.3) is 22.2 Å². The number of hydrogen-bond donors (Lipinski definition) is 2. The van der Waals surface area contributed by atoms with Gasteiger partial charge in [0.15, 0.2) is 0 Å². The summed E-state index contributed by atoms with van der Waals surface area (Å²) < 4.78 is 17.4. The number of amides is 1. The van der Waals surface area contributed by atoms with Crippen molar-refractivity contribution in [3.63, 3.8) is 0 Å². The molecule has 0 bridgehead atoms. The Bertz CT molecular complexity index is 1100. The molecule has 0 atom stereocenters. The minimum atomic E-state index is -0.275. The molecule has 0 saturated heterocycles. The Morgan fingerprint density at radius 2 is 1.96 bits per heavy atom. The molecular weight excluding hydrogens is 363 g/mol. The zero-order valence-electron chi connectivity index (χ0n) is 14.6. The van der Waals surface area contributed by atoms with Crippen LogP contribution in [-0.4, -0.2) is 20.2 Å². The third-order valence-corrected chi connectivity index (χ3v) is 5.04. The minimum Gasteiger partial charge on any atom is -0.354 e. The standard InChI is InChI=1S/C20H17FN4OS/c1-12-22-20(27-25-12)24-18(26)11-10-16-15-4-2-3-5-17(15)23-19(16)13-6-8-14(21)9-7-13/h2-9,23H,10-11H2,1H3,(H,22,24,25,26). The fourth-order valence-electron chi connectivity index (χ4n) is 3.09. The maximum Gasteiger partial charge on any atom is 0.226 e. The highest BCUT2D eigenvalue weighted by molar-refractivity contribution is 7.09. The number of aromatic nitrogens is 3. The topological polar surface area (TPSA) is 70.7 Å². The van der Waals surface area contributed by atoms with Crippen LogP contribution >= 0.6 is 11.5 Å². The third-order valence-electron chi connectivity index (χ3n) is 4.32. The van der Waals surface area contributed by atoms with Crippen molar-refractivity contribution >= 4 is 33.5 Å². The number of carbonyl (C=O) groups excluding carboxylic acids is 1. The van der Waals surface area contributed by atoms with Crippen LogP contribution in [0.5, 0.6) is 0 Å². The molecule has 27 heavy (non-hydrogen) atoms. The number of carbonyl (C=O) groups is 1. The molecule has 4 aromatic rings. The Balaban J connectivity index is 1.60. The Hall–Kier alpha value is -3.06. The van der Waals surface area contributed by atoms with Crippen LogP contribution in [0.4, 0.5) is 9.52 Å². The number of aryl methyl sites for hydroxylation is 2. The average Bonchev–Trinajstić information content (AvgIpc) is 3.24. The van der Waals surface area contributed by atoms with Gasteiger partial charge in [-0.2, -0.15) is 4.37 Å². The summed E-state index contributed by atoms with van der Waals surface area (Å²) in [5.41, 5.74) is 3.84. The number of benzene rings is 2. The van der Waals surface area contributed by atoms with E-state index in [-0.39, 0.29) is 11.7 Å². The highest BCUT2D eigenvalue weighted by atomic mass is 32.1. The van der Waals surface area contributed by atoms with Crippen LogP contribution in [-0.2, 0) is 11.2 Å². The van der Waals surface area contributed by atoms with Crippen LogP contribution < -0.4 is 5.32 Å². The second-order valence-corrected chi connectivity index (χ2v) is 6.98. The molecule has 2 aromatic carbocycles. The van der Waals surface area contributed by atoms with Crippen molar-refractivity contribution < 1.29 is 9.18 Å². The summed E-state index contributed by atoms with van der Waals surface area (Å²) >= 11 is 1.17. The number of anilines is 1. The molecule has 5 nitrogen and oxygen atoms in total. The molecule has 0 aliphatic rings. The van der Waals surface area contributed by atoms with Crippen molar-refractivity contribution in [2.75, 3.05) is 5.32 Å².